The molecule has 0 saturated heterocycles. The van der Waals surface area contributed by atoms with Crippen LogP contribution >= 0.6 is 0 Å². The first-order valence-corrected chi connectivity index (χ1v) is 5.46. The molecule has 0 saturated carbocycles. The van der Waals surface area contributed by atoms with Crippen molar-refractivity contribution in [1.82, 2.24) is 15.1 Å². The summed E-state index contributed by atoms with van der Waals surface area (Å²) in [4.78, 5) is 0. The number of rotatable bonds is 5. The number of aryl methyl sites for hydroxylation is 2. The Morgan fingerprint density at radius 2 is 2.44 bits per heavy atom. The van der Waals surface area contributed by atoms with Crippen LogP contribution in [0.4, 0.5) is 0 Å². The lowest BCUT2D eigenvalue weighted by Crippen LogP contribution is -2.16. The molecule has 16 heavy (non-hydrogen) atoms. The summed E-state index contributed by atoms with van der Waals surface area (Å²) in [5, 5.41) is 7.46. The molecule has 4 heteroatoms. The Morgan fingerprint density at radius 3 is 3.00 bits per heavy atom. The van der Waals surface area contributed by atoms with Gasteiger partial charge in [0, 0.05) is 24.8 Å². The minimum Gasteiger partial charge on any atom is -0.472 e. The summed E-state index contributed by atoms with van der Waals surface area (Å²) in [6.07, 6.45) is 9.55. The fraction of sp³-hybridized carbons (Fsp3) is 0.417. The molecule has 0 aliphatic heterocycles. The first-order valence-electron chi connectivity index (χ1n) is 5.46. The highest BCUT2D eigenvalue weighted by molar-refractivity contribution is 5.13. The summed E-state index contributed by atoms with van der Waals surface area (Å²) in [6.45, 7) is 0. The topological polar surface area (TPSA) is 43.0 Å². The molecule has 2 heterocycles. The fourth-order valence-corrected chi connectivity index (χ4v) is 1.86. The number of hydrogen-bond acceptors (Lipinski definition) is 3. The number of nitrogens with one attached hydrogen (secondary N) is 1. The lowest BCUT2D eigenvalue weighted by atomic mass is 10.0. The summed E-state index contributed by atoms with van der Waals surface area (Å²) in [6, 6.07) is 2.35. The molecule has 0 amide bonds. The summed E-state index contributed by atoms with van der Waals surface area (Å²) >= 11 is 0. The van der Waals surface area contributed by atoms with Crippen molar-refractivity contribution < 1.29 is 4.42 Å². The van der Waals surface area contributed by atoms with Gasteiger partial charge in [-0.3, -0.25) is 4.68 Å². The van der Waals surface area contributed by atoms with Gasteiger partial charge in [0.2, 0.25) is 0 Å². The van der Waals surface area contributed by atoms with Crippen molar-refractivity contribution in [3.05, 3.63) is 42.1 Å². The number of aromatic nitrogens is 2. The van der Waals surface area contributed by atoms with Crippen molar-refractivity contribution >= 4 is 0 Å². The fourth-order valence-electron chi connectivity index (χ4n) is 1.86. The van der Waals surface area contributed by atoms with E-state index in [0.717, 1.165) is 12.8 Å². The zero-order valence-electron chi connectivity index (χ0n) is 9.68. The molecule has 0 bridgehead atoms. The van der Waals surface area contributed by atoms with Crippen LogP contribution in [0.2, 0.25) is 0 Å². The largest absolute Gasteiger partial charge is 0.472 e. The van der Waals surface area contributed by atoms with Gasteiger partial charge in [0.05, 0.1) is 18.7 Å². The maximum atomic E-state index is 5.10. The predicted molar refractivity (Wildman–Crippen MR) is 62.0 cm³/mol. The molecule has 1 unspecified atom stereocenters. The van der Waals surface area contributed by atoms with Crippen molar-refractivity contribution in [2.24, 2.45) is 7.05 Å². The van der Waals surface area contributed by atoms with Crippen molar-refractivity contribution in [2.75, 3.05) is 7.05 Å². The van der Waals surface area contributed by atoms with Gasteiger partial charge in [-0.2, -0.15) is 5.10 Å². The SMILES string of the molecule is CNC(CCc1cnn(C)c1)c1ccoc1. The summed E-state index contributed by atoms with van der Waals surface area (Å²) in [7, 11) is 3.91. The van der Waals surface area contributed by atoms with E-state index in [9.17, 15) is 0 Å². The molecule has 1 atom stereocenters. The molecular weight excluding hydrogens is 202 g/mol. The Labute approximate surface area is 95.3 Å². The molecule has 2 aromatic rings. The zero-order chi connectivity index (χ0) is 11.4. The van der Waals surface area contributed by atoms with Crippen molar-refractivity contribution in [3.63, 3.8) is 0 Å². The summed E-state index contributed by atoms with van der Waals surface area (Å²) in [5.74, 6) is 0. The molecule has 0 aliphatic rings. The van der Waals surface area contributed by atoms with E-state index < -0.39 is 0 Å². The minimum atomic E-state index is 0.346. The van der Waals surface area contributed by atoms with Crippen LogP contribution < -0.4 is 5.32 Å². The van der Waals surface area contributed by atoms with E-state index in [-0.39, 0.29) is 0 Å². The molecule has 0 spiro atoms. The molecular formula is C12H17N3O. The average molecular weight is 219 g/mol. The standard InChI is InChI=1S/C12H17N3O/c1-13-12(11-5-6-16-9-11)4-3-10-7-14-15(2)8-10/h5-9,12-13H,3-4H2,1-2H3. The minimum absolute atomic E-state index is 0.346. The first-order chi connectivity index (χ1) is 7.79. The van der Waals surface area contributed by atoms with E-state index in [4.69, 9.17) is 4.42 Å². The molecule has 4 nitrogen and oxygen atoms in total. The Morgan fingerprint density at radius 1 is 1.56 bits per heavy atom. The quantitative estimate of drug-likeness (QED) is 0.835. The third-order valence-corrected chi connectivity index (χ3v) is 2.77. The molecule has 2 aromatic heterocycles. The van der Waals surface area contributed by atoms with E-state index in [1.165, 1.54) is 11.1 Å². The second-order valence-electron chi connectivity index (χ2n) is 3.96. The number of furan rings is 1. The van der Waals surface area contributed by atoms with E-state index in [1.54, 1.807) is 12.5 Å². The van der Waals surface area contributed by atoms with Gasteiger partial charge in [-0.25, -0.2) is 0 Å². The Hall–Kier alpha value is -1.55. The third kappa shape index (κ3) is 2.52. The van der Waals surface area contributed by atoms with Crippen molar-refractivity contribution in [3.8, 4) is 0 Å². The van der Waals surface area contributed by atoms with Crippen LogP contribution in [0.15, 0.2) is 35.4 Å². The Bertz CT molecular complexity index is 419. The van der Waals surface area contributed by atoms with Crippen molar-refractivity contribution in [1.29, 1.82) is 0 Å². The molecule has 0 aliphatic carbocycles. The van der Waals surface area contributed by atoms with E-state index >= 15 is 0 Å². The van der Waals surface area contributed by atoms with Crippen LogP contribution in [0.3, 0.4) is 0 Å². The van der Waals surface area contributed by atoms with Gasteiger partial charge in [-0.15, -0.1) is 0 Å². The van der Waals surface area contributed by atoms with Crippen molar-refractivity contribution in [2.45, 2.75) is 18.9 Å². The summed E-state index contributed by atoms with van der Waals surface area (Å²) < 4.78 is 6.93. The Balaban J connectivity index is 1.93. The highest BCUT2D eigenvalue weighted by atomic mass is 16.3. The van der Waals surface area contributed by atoms with Gasteiger partial charge in [0.25, 0.3) is 0 Å². The van der Waals surface area contributed by atoms with Gasteiger partial charge in [0.15, 0.2) is 0 Å². The molecule has 2 rings (SSSR count). The third-order valence-electron chi connectivity index (χ3n) is 2.77. The van der Waals surface area contributed by atoms with E-state index in [0.29, 0.717) is 6.04 Å². The van der Waals surface area contributed by atoms with Crippen LogP contribution in [-0.4, -0.2) is 16.8 Å². The van der Waals surface area contributed by atoms with Crippen LogP contribution in [0, 0.1) is 0 Å². The summed E-state index contributed by atoms with van der Waals surface area (Å²) in [5.41, 5.74) is 2.47. The van der Waals surface area contributed by atoms with E-state index in [1.807, 2.05) is 31.0 Å². The van der Waals surface area contributed by atoms with Crippen LogP contribution in [0.1, 0.15) is 23.6 Å². The highest BCUT2D eigenvalue weighted by Gasteiger charge is 2.10. The lowest BCUT2D eigenvalue weighted by molar-refractivity contribution is 0.524. The van der Waals surface area contributed by atoms with Gasteiger partial charge < -0.3 is 9.73 Å². The maximum Gasteiger partial charge on any atom is 0.0950 e. The molecule has 1 N–H and O–H groups in total. The number of nitrogens with zero attached hydrogens (tertiary/aromatic N) is 2. The van der Waals surface area contributed by atoms with Gasteiger partial charge in [-0.05, 0) is 31.5 Å². The average Bonchev–Trinajstić information content (AvgIpc) is 2.91. The molecule has 86 valence electrons. The second kappa shape index (κ2) is 4.99. The number of hydrogen-bond donors (Lipinski definition) is 1. The first kappa shape index (κ1) is 11.0. The van der Waals surface area contributed by atoms with Gasteiger partial charge >= 0.3 is 0 Å². The smallest absolute Gasteiger partial charge is 0.0950 e. The van der Waals surface area contributed by atoms with Crippen LogP contribution in [0.5, 0.6) is 0 Å². The molecule has 0 aromatic carbocycles. The monoisotopic (exact) mass is 219 g/mol. The second-order valence-corrected chi connectivity index (χ2v) is 3.96. The lowest BCUT2D eigenvalue weighted by Gasteiger charge is -2.13. The Kier molecular flexibility index (Phi) is 3.41. The molecule has 0 radical (unpaired) electrons. The molecule has 0 fully saturated rings. The highest BCUT2D eigenvalue weighted by Crippen LogP contribution is 2.18. The van der Waals surface area contributed by atoms with Crippen LogP contribution in [0.25, 0.3) is 0 Å². The normalized spacial score (nSPS) is 12.9. The van der Waals surface area contributed by atoms with Gasteiger partial charge in [-0.1, -0.05) is 0 Å². The zero-order valence-corrected chi connectivity index (χ0v) is 9.68. The predicted octanol–water partition coefficient (Wildman–Crippen LogP) is 1.91. The maximum absolute atomic E-state index is 5.10. The van der Waals surface area contributed by atoms with Crippen LogP contribution in [-0.2, 0) is 13.5 Å². The van der Waals surface area contributed by atoms with Gasteiger partial charge in [0.1, 0.15) is 0 Å². The van der Waals surface area contributed by atoms with E-state index in [2.05, 4.69) is 16.6 Å².